The summed E-state index contributed by atoms with van der Waals surface area (Å²) in [5.74, 6) is 0.348. The molecule has 1 heterocycles. The van der Waals surface area contributed by atoms with Crippen LogP contribution < -0.4 is 10.6 Å². The molecule has 0 spiro atoms. The van der Waals surface area contributed by atoms with Gasteiger partial charge in [0, 0.05) is 18.7 Å². The second-order valence-corrected chi connectivity index (χ2v) is 7.26. The van der Waals surface area contributed by atoms with Crippen molar-refractivity contribution in [2.45, 2.75) is 25.8 Å². The van der Waals surface area contributed by atoms with Crippen LogP contribution in [0.2, 0.25) is 0 Å². The van der Waals surface area contributed by atoms with Gasteiger partial charge in [0.25, 0.3) is 5.91 Å². The Labute approximate surface area is 179 Å². The van der Waals surface area contributed by atoms with Gasteiger partial charge in [-0.2, -0.15) is 0 Å². The van der Waals surface area contributed by atoms with Gasteiger partial charge in [0.15, 0.2) is 0 Å². The van der Waals surface area contributed by atoms with Gasteiger partial charge < -0.3 is 15.5 Å². The summed E-state index contributed by atoms with van der Waals surface area (Å²) < 4.78 is 0. The van der Waals surface area contributed by atoms with E-state index in [1.54, 1.807) is 12.1 Å². The van der Waals surface area contributed by atoms with Crippen LogP contribution in [0.15, 0.2) is 60.7 Å². The lowest BCUT2D eigenvalue weighted by Gasteiger charge is -2.34. The summed E-state index contributed by atoms with van der Waals surface area (Å²) in [5, 5.41) is 6.34. The summed E-state index contributed by atoms with van der Waals surface area (Å²) in [6.07, 6.45) is 1.99. The SMILES string of the molecule is CCNCC1CCN(C(=O)C(NC(=O)c2ccccc2)c2ccccc2)CC1.Cl. The highest BCUT2D eigenvalue weighted by molar-refractivity contribution is 5.97. The lowest BCUT2D eigenvalue weighted by atomic mass is 9.95. The number of hydrogen-bond acceptors (Lipinski definition) is 3. The molecule has 2 N–H and O–H groups in total. The molecule has 0 aliphatic carbocycles. The number of hydrogen-bond donors (Lipinski definition) is 2. The molecule has 1 fully saturated rings. The van der Waals surface area contributed by atoms with Crippen LogP contribution in [0.1, 0.15) is 41.7 Å². The molecule has 156 valence electrons. The molecule has 1 aliphatic rings. The predicted molar refractivity (Wildman–Crippen MR) is 118 cm³/mol. The van der Waals surface area contributed by atoms with Gasteiger partial charge in [-0.15, -0.1) is 12.4 Å². The highest BCUT2D eigenvalue weighted by Gasteiger charge is 2.30. The first kappa shape index (κ1) is 22.9. The molecular weight excluding hydrogens is 386 g/mol. The van der Waals surface area contributed by atoms with Crippen LogP contribution in [0.3, 0.4) is 0 Å². The molecule has 5 nitrogen and oxygen atoms in total. The van der Waals surface area contributed by atoms with E-state index in [2.05, 4.69) is 17.6 Å². The largest absolute Gasteiger partial charge is 0.341 e. The third-order valence-corrected chi connectivity index (χ3v) is 5.30. The van der Waals surface area contributed by atoms with Crippen LogP contribution in [0.5, 0.6) is 0 Å². The summed E-state index contributed by atoms with van der Waals surface area (Å²) in [4.78, 5) is 27.9. The first-order valence-electron chi connectivity index (χ1n) is 10.1. The van der Waals surface area contributed by atoms with Crippen LogP contribution in [0.4, 0.5) is 0 Å². The van der Waals surface area contributed by atoms with E-state index in [4.69, 9.17) is 0 Å². The third-order valence-electron chi connectivity index (χ3n) is 5.30. The minimum atomic E-state index is -0.667. The molecule has 29 heavy (non-hydrogen) atoms. The lowest BCUT2D eigenvalue weighted by molar-refractivity contribution is -0.134. The highest BCUT2D eigenvalue weighted by atomic mass is 35.5. The molecule has 0 saturated carbocycles. The summed E-state index contributed by atoms with van der Waals surface area (Å²) in [5.41, 5.74) is 1.37. The molecule has 3 rings (SSSR count). The van der Waals surface area contributed by atoms with Crippen LogP contribution in [-0.2, 0) is 4.79 Å². The predicted octanol–water partition coefficient (Wildman–Crippen LogP) is 3.43. The number of amides is 2. The van der Waals surface area contributed by atoms with E-state index >= 15 is 0 Å². The molecule has 2 aromatic carbocycles. The summed E-state index contributed by atoms with van der Waals surface area (Å²) in [7, 11) is 0. The Kier molecular flexibility index (Phi) is 9.16. The third kappa shape index (κ3) is 6.31. The average Bonchev–Trinajstić information content (AvgIpc) is 2.77. The maximum Gasteiger partial charge on any atom is 0.252 e. The monoisotopic (exact) mass is 415 g/mol. The fourth-order valence-electron chi connectivity index (χ4n) is 3.63. The Morgan fingerprint density at radius 1 is 1.00 bits per heavy atom. The molecule has 6 heteroatoms. The second kappa shape index (κ2) is 11.6. The molecule has 1 unspecified atom stereocenters. The zero-order chi connectivity index (χ0) is 19.8. The van der Waals surface area contributed by atoms with Gasteiger partial charge in [0.2, 0.25) is 5.91 Å². The fourth-order valence-corrected chi connectivity index (χ4v) is 3.63. The molecular formula is C23H30ClN3O2. The Bertz CT molecular complexity index is 762. The smallest absolute Gasteiger partial charge is 0.252 e. The van der Waals surface area contributed by atoms with E-state index in [1.807, 2.05) is 53.4 Å². The molecule has 0 aromatic heterocycles. The van der Waals surface area contributed by atoms with Crippen molar-refractivity contribution in [2.75, 3.05) is 26.2 Å². The number of carbonyl (C=O) groups excluding carboxylic acids is 2. The van der Waals surface area contributed by atoms with Crippen molar-refractivity contribution in [2.24, 2.45) is 5.92 Å². The normalized spacial score (nSPS) is 15.3. The number of likely N-dealkylation sites (tertiary alicyclic amines) is 1. The number of carbonyl (C=O) groups is 2. The van der Waals surface area contributed by atoms with Gasteiger partial charge in [-0.25, -0.2) is 0 Å². The Morgan fingerprint density at radius 2 is 1.59 bits per heavy atom. The van der Waals surface area contributed by atoms with E-state index < -0.39 is 6.04 Å². The number of halogens is 1. The number of benzene rings is 2. The lowest BCUT2D eigenvalue weighted by Crippen LogP contribution is -2.47. The number of piperidine rings is 1. The van der Waals surface area contributed by atoms with Gasteiger partial charge in [-0.1, -0.05) is 55.5 Å². The van der Waals surface area contributed by atoms with Crippen LogP contribution in [0.25, 0.3) is 0 Å². The van der Waals surface area contributed by atoms with E-state index in [0.29, 0.717) is 11.5 Å². The zero-order valence-electron chi connectivity index (χ0n) is 16.8. The van der Waals surface area contributed by atoms with Gasteiger partial charge in [-0.05, 0) is 49.5 Å². The van der Waals surface area contributed by atoms with Crippen molar-refractivity contribution in [3.63, 3.8) is 0 Å². The van der Waals surface area contributed by atoms with E-state index in [-0.39, 0.29) is 24.2 Å². The first-order chi connectivity index (χ1) is 13.7. The maximum absolute atomic E-state index is 13.3. The fraction of sp³-hybridized carbons (Fsp3) is 0.391. The van der Waals surface area contributed by atoms with Crippen molar-refractivity contribution < 1.29 is 9.59 Å². The molecule has 1 aliphatic heterocycles. The van der Waals surface area contributed by atoms with Gasteiger partial charge in [-0.3, -0.25) is 9.59 Å². The van der Waals surface area contributed by atoms with Gasteiger partial charge in [0.1, 0.15) is 6.04 Å². The zero-order valence-corrected chi connectivity index (χ0v) is 17.7. The molecule has 1 saturated heterocycles. The van der Waals surface area contributed by atoms with E-state index in [9.17, 15) is 9.59 Å². The number of nitrogens with zero attached hydrogens (tertiary/aromatic N) is 1. The Balaban J connectivity index is 0.00000300. The maximum atomic E-state index is 13.3. The molecule has 0 bridgehead atoms. The molecule has 2 amide bonds. The van der Waals surface area contributed by atoms with Crippen molar-refractivity contribution >= 4 is 24.2 Å². The Morgan fingerprint density at radius 3 is 2.17 bits per heavy atom. The van der Waals surface area contributed by atoms with Crippen molar-refractivity contribution in [3.8, 4) is 0 Å². The second-order valence-electron chi connectivity index (χ2n) is 7.26. The molecule has 0 radical (unpaired) electrons. The van der Waals surface area contributed by atoms with E-state index in [1.165, 1.54) is 0 Å². The summed E-state index contributed by atoms with van der Waals surface area (Å²) in [6, 6.07) is 17.9. The van der Waals surface area contributed by atoms with Gasteiger partial charge in [0.05, 0.1) is 0 Å². The minimum Gasteiger partial charge on any atom is -0.341 e. The van der Waals surface area contributed by atoms with Crippen molar-refractivity contribution in [3.05, 3.63) is 71.8 Å². The number of rotatable bonds is 7. The van der Waals surface area contributed by atoms with Crippen LogP contribution in [0, 0.1) is 5.92 Å². The summed E-state index contributed by atoms with van der Waals surface area (Å²) >= 11 is 0. The average molecular weight is 416 g/mol. The van der Waals surface area contributed by atoms with Crippen molar-refractivity contribution in [1.82, 2.24) is 15.5 Å². The molecule has 1 atom stereocenters. The van der Waals surface area contributed by atoms with Crippen LogP contribution in [-0.4, -0.2) is 42.9 Å². The quantitative estimate of drug-likeness (QED) is 0.728. The number of nitrogens with one attached hydrogen (secondary N) is 2. The standard InChI is InChI=1S/C23H29N3O2.ClH/c1-2-24-17-18-13-15-26(16-14-18)23(28)21(19-9-5-3-6-10-19)25-22(27)20-11-7-4-8-12-20;/h3-12,18,21,24H,2,13-17H2,1H3,(H,25,27);1H. The topological polar surface area (TPSA) is 61.4 Å². The van der Waals surface area contributed by atoms with Gasteiger partial charge >= 0.3 is 0 Å². The first-order valence-corrected chi connectivity index (χ1v) is 10.1. The molecule has 2 aromatic rings. The van der Waals surface area contributed by atoms with Crippen molar-refractivity contribution in [1.29, 1.82) is 0 Å². The van der Waals surface area contributed by atoms with E-state index in [0.717, 1.165) is 44.6 Å². The minimum absolute atomic E-state index is 0. The Hall–Kier alpha value is -2.37. The highest BCUT2D eigenvalue weighted by Crippen LogP contribution is 2.22. The van der Waals surface area contributed by atoms with Crippen LogP contribution >= 0.6 is 12.4 Å². The summed E-state index contributed by atoms with van der Waals surface area (Å²) in [6.45, 7) is 5.56.